The van der Waals surface area contributed by atoms with Gasteiger partial charge in [0.2, 0.25) is 5.91 Å². The summed E-state index contributed by atoms with van der Waals surface area (Å²) in [6.07, 6.45) is 9.41. The Balaban J connectivity index is 1.44. The molecule has 1 saturated carbocycles. The molecule has 2 aliphatic rings. The van der Waals surface area contributed by atoms with E-state index in [1.165, 1.54) is 0 Å². The van der Waals surface area contributed by atoms with E-state index in [4.69, 9.17) is 0 Å². The predicted octanol–water partition coefficient (Wildman–Crippen LogP) is 3.45. The van der Waals surface area contributed by atoms with Crippen LogP contribution >= 0.6 is 0 Å². The van der Waals surface area contributed by atoms with Gasteiger partial charge in [-0.05, 0) is 54.8 Å². The molecule has 0 bridgehead atoms. The van der Waals surface area contributed by atoms with Gasteiger partial charge < -0.3 is 5.32 Å². The quantitative estimate of drug-likeness (QED) is 0.460. The number of sulfonamides is 1. The van der Waals surface area contributed by atoms with Crippen molar-refractivity contribution in [3.8, 4) is 16.8 Å². The van der Waals surface area contributed by atoms with Crippen molar-refractivity contribution < 1.29 is 13.2 Å². The third-order valence-corrected chi connectivity index (χ3v) is 8.08. The van der Waals surface area contributed by atoms with Crippen LogP contribution in [0.2, 0.25) is 0 Å². The van der Waals surface area contributed by atoms with Gasteiger partial charge in [-0.25, -0.2) is 13.1 Å². The predicted molar refractivity (Wildman–Crippen MR) is 127 cm³/mol. The lowest BCUT2D eigenvalue weighted by Gasteiger charge is -2.36. The molecule has 3 heterocycles. The van der Waals surface area contributed by atoms with Crippen molar-refractivity contribution >= 4 is 27.3 Å². The van der Waals surface area contributed by atoms with Crippen LogP contribution in [0.1, 0.15) is 24.8 Å². The molecule has 0 radical (unpaired) electrons. The van der Waals surface area contributed by atoms with E-state index in [2.05, 4.69) is 20.2 Å². The summed E-state index contributed by atoms with van der Waals surface area (Å²) in [5, 5.41) is 11.5. The first-order chi connectivity index (χ1) is 16.4. The molecule has 1 aliphatic carbocycles. The fourth-order valence-corrected chi connectivity index (χ4v) is 5.89. The van der Waals surface area contributed by atoms with E-state index in [0.717, 1.165) is 41.6 Å². The number of carbonyl (C=O) groups is 1. The van der Waals surface area contributed by atoms with Crippen molar-refractivity contribution in [1.29, 1.82) is 0 Å². The van der Waals surface area contributed by atoms with E-state index < -0.39 is 15.4 Å². The molecule has 0 unspecified atom stereocenters. The Bertz CT molecular complexity index is 1530. The fraction of sp³-hybridized carbons (Fsp3) is 0.208. The number of nitrogens with zero attached hydrogens (tertiary/aromatic N) is 4. The van der Waals surface area contributed by atoms with Gasteiger partial charge >= 0.3 is 0 Å². The van der Waals surface area contributed by atoms with Crippen molar-refractivity contribution in [2.45, 2.75) is 29.6 Å². The molecule has 9 nitrogen and oxygen atoms in total. The van der Waals surface area contributed by atoms with E-state index >= 15 is 0 Å². The van der Waals surface area contributed by atoms with Crippen LogP contribution in [0, 0.1) is 0 Å². The van der Waals surface area contributed by atoms with Gasteiger partial charge in [0.25, 0.3) is 10.0 Å². The van der Waals surface area contributed by atoms with Crippen molar-refractivity contribution in [2.24, 2.45) is 7.05 Å². The van der Waals surface area contributed by atoms with Crippen LogP contribution in [0.4, 0.5) is 11.4 Å². The van der Waals surface area contributed by atoms with Gasteiger partial charge in [0.05, 0.1) is 27.9 Å². The molecule has 2 aromatic carbocycles. The number of rotatable bonds is 5. The average molecular weight is 475 g/mol. The molecule has 2 aromatic heterocycles. The maximum absolute atomic E-state index is 13.3. The molecule has 1 spiro atoms. The second-order valence-corrected chi connectivity index (χ2v) is 10.5. The van der Waals surface area contributed by atoms with Crippen LogP contribution in [0.3, 0.4) is 0 Å². The molecule has 1 fully saturated rings. The van der Waals surface area contributed by atoms with E-state index in [-0.39, 0.29) is 10.8 Å². The SMILES string of the molecule is Cn1cc(-c2cc(NS(=O)(=O)c3cccc(-n4cccn4)c3)cc3c2NC(=O)C32CCC2)cn1. The highest BCUT2D eigenvalue weighted by Gasteiger charge is 2.52. The number of nitrogens with one attached hydrogen (secondary N) is 2. The third-order valence-electron chi connectivity index (χ3n) is 6.70. The van der Waals surface area contributed by atoms with Crippen LogP contribution in [0.15, 0.2) is 72.1 Å². The Hall–Kier alpha value is -3.92. The number of hydrogen-bond donors (Lipinski definition) is 2. The minimum atomic E-state index is -3.89. The number of fused-ring (bicyclic) bond motifs is 2. The van der Waals surface area contributed by atoms with Crippen molar-refractivity contribution in [2.75, 3.05) is 10.0 Å². The molecule has 1 aliphatic heterocycles. The number of carbonyl (C=O) groups excluding carboxylic acids is 1. The molecule has 34 heavy (non-hydrogen) atoms. The molecule has 1 amide bonds. The highest BCUT2D eigenvalue weighted by molar-refractivity contribution is 7.92. The molecular formula is C24H22N6O3S. The van der Waals surface area contributed by atoms with Crippen LogP contribution in [0.5, 0.6) is 0 Å². The number of anilines is 2. The summed E-state index contributed by atoms with van der Waals surface area (Å²) in [5.74, 6) is -0.0224. The highest BCUT2D eigenvalue weighted by Crippen LogP contribution is 2.54. The smallest absolute Gasteiger partial charge is 0.261 e. The van der Waals surface area contributed by atoms with Gasteiger partial charge in [0, 0.05) is 42.5 Å². The summed E-state index contributed by atoms with van der Waals surface area (Å²) in [5.41, 5.74) is 3.58. The van der Waals surface area contributed by atoms with Crippen LogP contribution in [-0.2, 0) is 27.3 Å². The fourth-order valence-electron chi connectivity index (χ4n) is 4.81. The summed E-state index contributed by atoms with van der Waals surface area (Å²) >= 11 is 0. The molecule has 2 N–H and O–H groups in total. The van der Waals surface area contributed by atoms with E-state index in [1.54, 1.807) is 70.4 Å². The van der Waals surface area contributed by atoms with Crippen molar-refractivity contribution in [1.82, 2.24) is 19.6 Å². The first-order valence-electron chi connectivity index (χ1n) is 11.0. The van der Waals surface area contributed by atoms with Crippen LogP contribution in [0.25, 0.3) is 16.8 Å². The van der Waals surface area contributed by atoms with Gasteiger partial charge in [0.15, 0.2) is 0 Å². The summed E-state index contributed by atoms with van der Waals surface area (Å²) < 4.78 is 32.7. The third kappa shape index (κ3) is 3.13. The van der Waals surface area contributed by atoms with E-state index in [0.29, 0.717) is 11.4 Å². The summed E-state index contributed by atoms with van der Waals surface area (Å²) in [4.78, 5) is 13.0. The number of aryl methyl sites for hydroxylation is 1. The zero-order valence-corrected chi connectivity index (χ0v) is 19.2. The van der Waals surface area contributed by atoms with E-state index in [9.17, 15) is 13.2 Å². The van der Waals surface area contributed by atoms with Gasteiger partial charge in [-0.2, -0.15) is 10.2 Å². The normalized spacial score (nSPS) is 16.2. The van der Waals surface area contributed by atoms with Crippen molar-refractivity contribution in [3.63, 3.8) is 0 Å². The Kier molecular flexibility index (Phi) is 4.43. The number of benzene rings is 2. The number of hydrogen-bond acceptors (Lipinski definition) is 5. The molecule has 0 saturated heterocycles. The van der Waals surface area contributed by atoms with Gasteiger partial charge in [-0.15, -0.1) is 0 Å². The summed E-state index contributed by atoms with van der Waals surface area (Å²) in [7, 11) is -2.08. The molecule has 6 rings (SSSR count). The average Bonchev–Trinajstić information content (AvgIpc) is 3.51. The first-order valence-corrected chi connectivity index (χ1v) is 12.5. The first kappa shape index (κ1) is 20.7. The zero-order valence-electron chi connectivity index (χ0n) is 18.4. The Morgan fingerprint density at radius 3 is 2.65 bits per heavy atom. The second kappa shape index (κ2) is 7.29. The minimum Gasteiger partial charge on any atom is -0.324 e. The molecule has 0 atom stereocenters. The standard InChI is InChI=1S/C24H22N6O3S/c1-29-15-16(14-26-29)20-11-17(12-21-22(20)27-23(31)24(21)7-3-8-24)28-34(32,33)19-6-2-5-18(13-19)30-10-4-9-25-30/h2,4-6,9-15,28H,3,7-8H2,1H3,(H,27,31). The van der Waals surface area contributed by atoms with Gasteiger partial charge in [-0.3, -0.25) is 14.2 Å². The number of aromatic nitrogens is 4. The highest BCUT2D eigenvalue weighted by atomic mass is 32.2. The topological polar surface area (TPSA) is 111 Å². The second-order valence-electron chi connectivity index (χ2n) is 8.79. The Labute approximate surface area is 196 Å². The summed E-state index contributed by atoms with van der Waals surface area (Å²) in [6, 6.07) is 11.9. The largest absolute Gasteiger partial charge is 0.324 e. The minimum absolute atomic E-state index is 0.0224. The Morgan fingerprint density at radius 2 is 1.97 bits per heavy atom. The monoisotopic (exact) mass is 474 g/mol. The van der Waals surface area contributed by atoms with Crippen molar-refractivity contribution in [3.05, 3.63) is 72.8 Å². The molecular weight excluding hydrogens is 452 g/mol. The molecule has 10 heteroatoms. The van der Waals surface area contributed by atoms with Crippen LogP contribution < -0.4 is 10.0 Å². The molecule has 172 valence electrons. The maximum Gasteiger partial charge on any atom is 0.261 e. The van der Waals surface area contributed by atoms with Gasteiger partial charge in [0.1, 0.15) is 0 Å². The molecule has 4 aromatic rings. The number of amides is 1. The lowest BCUT2D eigenvalue weighted by atomic mass is 9.65. The summed E-state index contributed by atoms with van der Waals surface area (Å²) in [6.45, 7) is 0. The zero-order chi connectivity index (χ0) is 23.5. The Morgan fingerprint density at radius 1 is 1.12 bits per heavy atom. The lowest BCUT2D eigenvalue weighted by Crippen LogP contribution is -2.40. The maximum atomic E-state index is 13.3. The van der Waals surface area contributed by atoms with E-state index in [1.807, 2.05) is 13.2 Å². The van der Waals surface area contributed by atoms with Gasteiger partial charge in [-0.1, -0.05) is 12.5 Å². The van der Waals surface area contributed by atoms with Crippen LogP contribution in [-0.4, -0.2) is 33.9 Å². The lowest BCUT2D eigenvalue weighted by molar-refractivity contribution is -0.123.